The number of methoxy groups -OCH3 is 1. The molecular formula is C22H19NO7S. The van der Waals surface area contributed by atoms with Crippen molar-refractivity contribution in [2.75, 3.05) is 7.11 Å². The third-order valence-electron chi connectivity index (χ3n) is 5.63. The molecule has 0 saturated carbocycles. The van der Waals surface area contributed by atoms with E-state index in [4.69, 9.17) is 9.47 Å². The fraction of sp³-hybridized carbons (Fsp3) is 0.273. The molecule has 2 aliphatic rings. The highest BCUT2D eigenvalue weighted by atomic mass is 32.1. The van der Waals surface area contributed by atoms with Gasteiger partial charge in [0, 0.05) is 18.7 Å². The van der Waals surface area contributed by atoms with Crippen LogP contribution in [-0.2, 0) is 26.3 Å². The van der Waals surface area contributed by atoms with Crippen LogP contribution in [0.3, 0.4) is 0 Å². The number of allylic oxidation sites excluding steroid dienone is 2. The lowest BCUT2D eigenvalue weighted by Gasteiger charge is -2.30. The number of fused-ring (bicyclic) bond motifs is 3. The summed E-state index contributed by atoms with van der Waals surface area (Å²) in [5.74, 6) is -4.41. The van der Waals surface area contributed by atoms with Crippen LogP contribution in [0, 0.1) is 5.92 Å². The largest absolute Gasteiger partial charge is 0.507 e. The van der Waals surface area contributed by atoms with E-state index in [0.717, 1.165) is 18.6 Å². The van der Waals surface area contributed by atoms with Gasteiger partial charge in [-0.15, -0.1) is 0 Å². The number of amides is 1. The Hall–Kier alpha value is -3.46. The van der Waals surface area contributed by atoms with Crippen molar-refractivity contribution in [3.63, 3.8) is 0 Å². The maximum Gasteiger partial charge on any atom is 0.259 e. The lowest BCUT2D eigenvalue weighted by atomic mass is 9.67. The van der Waals surface area contributed by atoms with Crippen LogP contribution in [0.15, 0.2) is 34.7 Å². The highest BCUT2D eigenvalue weighted by molar-refractivity contribution is 7.07. The zero-order chi connectivity index (χ0) is 22.5. The van der Waals surface area contributed by atoms with E-state index in [0.29, 0.717) is 0 Å². The monoisotopic (exact) mass is 441 g/mol. The summed E-state index contributed by atoms with van der Waals surface area (Å²) in [7, 11) is 1.33. The zero-order valence-corrected chi connectivity index (χ0v) is 17.8. The van der Waals surface area contributed by atoms with Gasteiger partial charge in [-0.1, -0.05) is 0 Å². The highest BCUT2D eigenvalue weighted by Crippen LogP contribution is 2.56. The Kier molecular flexibility index (Phi) is 4.93. The van der Waals surface area contributed by atoms with Gasteiger partial charge >= 0.3 is 0 Å². The van der Waals surface area contributed by atoms with Gasteiger partial charge in [-0.2, -0.15) is 11.3 Å². The average molecular weight is 441 g/mol. The number of hydrogen-bond acceptors (Lipinski definition) is 8. The number of thiophene rings is 1. The third kappa shape index (κ3) is 3.04. The first-order valence-electron chi connectivity index (χ1n) is 9.42. The van der Waals surface area contributed by atoms with Gasteiger partial charge in [0.25, 0.3) is 5.91 Å². The summed E-state index contributed by atoms with van der Waals surface area (Å²) in [4.78, 5) is 50.6. The molecule has 0 saturated heterocycles. The zero-order valence-electron chi connectivity index (χ0n) is 17.0. The molecule has 2 atom stereocenters. The first-order chi connectivity index (χ1) is 14.7. The number of aromatic hydroxyl groups is 1. The molecule has 0 bridgehead atoms. The second kappa shape index (κ2) is 7.35. The molecule has 160 valence electrons. The molecule has 2 N–H and O–H groups in total. The molecule has 1 aromatic heterocycles. The van der Waals surface area contributed by atoms with Gasteiger partial charge in [-0.3, -0.25) is 19.2 Å². The number of carbonyl (C=O) groups is 4. The second-order valence-electron chi connectivity index (χ2n) is 7.54. The number of rotatable bonds is 5. The molecule has 0 fully saturated rings. The van der Waals surface area contributed by atoms with Crippen LogP contribution in [0.5, 0.6) is 17.2 Å². The van der Waals surface area contributed by atoms with E-state index in [2.05, 4.69) is 5.32 Å². The fourth-order valence-corrected chi connectivity index (χ4v) is 4.68. The molecule has 1 unspecified atom stereocenters. The Labute approximate surface area is 181 Å². The summed E-state index contributed by atoms with van der Waals surface area (Å²) in [6, 6.07) is 3.09. The standard InChI is InChI=1S/C22H19NO7S/c1-10(24)16-12(25)7-15-22(2,20(16)27)18-13(26)6-14(29-3)17(19(18)30-15)21(28)23-8-11-4-5-31-9-11/h4-7,9,16,26H,8H2,1-3H3,(H,23,28)/t16?,22-/m1/s1. The lowest BCUT2D eigenvalue weighted by molar-refractivity contribution is -0.140. The number of carbonyl (C=O) groups excluding carboxylic acids is 4. The maximum absolute atomic E-state index is 13.2. The Balaban J connectivity index is 1.85. The van der Waals surface area contributed by atoms with Crippen molar-refractivity contribution in [2.24, 2.45) is 5.92 Å². The summed E-state index contributed by atoms with van der Waals surface area (Å²) in [6.45, 7) is 2.89. The minimum absolute atomic E-state index is 0.0123. The number of ether oxygens (including phenoxy) is 2. The smallest absolute Gasteiger partial charge is 0.259 e. The van der Waals surface area contributed by atoms with E-state index in [1.807, 2.05) is 16.8 Å². The van der Waals surface area contributed by atoms with Crippen LogP contribution in [0.1, 0.15) is 35.3 Å². The predicted molar refractivity (Wildman–Crippen MR) is 110 cm³/mol. The highest BCUT2D eigenvalue weighted by Gasteiger charge is 2.58. The van der Waals surface area contributed by atoms with Crippen molar-refractivity contribution in [1.82, 2.24) is 5.32 Å². The quantitative estimate of drug-likeness (QED) is 0.683. The van der Waals surface area contributed by atoms with E-state index in [1.165, 1.54) is 31.4 Å². The van der Waals surface area contributed by atoms with Crippen LogP contribution in [-0.4, -0.2) is 35.5 Å². The van der Waals surface area contributed by atoms with Crippen molar-refractivity contribution < 1.29 is 33.8 Å². The third-order valence-corrected chi connectivity index (χ3v) is 6.36. The van der Waals surface area contributed by atoms with Crippen molar-refractivity contribution in [1.29, 1.82) is 0 Å². The van der Waals surface area contributed by atoms with E-state index in [9.17, 15) is 24.3 Å². The number of nitrogens with one attached hydrogen (secondary N) is 1. The predicted octanol–water partition coefficient (Wildman–Crippen LogP) is 2.28. The minimum atomic E-state index is -1.58. The average Bonchev–Trinajstić information content (AvgIpc) is 3.32. The first-order valence-corrected chi connectivity index (χ1v) is 10.4. The van der Waals surface area contributed by atoms with Gasteiger partial charge in [-0.05, 0) is 36.2 Å². The SMILES string of the molecule is COc1cc(O)c2c(c1C(=O)NCc1ccsc1)OC1=CC(=O)C(C(C)=O)C(=O)[C@]12C. The number of ketones is 3. The second-order valence-corrected chi connectivity index (χ2v) is 8.32. The Morgan fingerprint density at radius 3 is 2.71 bits per heavy atom. The van der Waals surface area contributed by atoms with E-state index >= 15 is 0 Å². The summed E-state index contributed by atoms with van der Waals surface area (Å²) >= 11 is 1.49. The number of benzene rings is 1. The normalized spacial score (nSPS) is 21.6. The summed E-state index contributed by atoms with van der Waals surface area (Å²) in [5.41, 5.74) is -0.661. The van der Waals surface area contributed by atoms with Crippen molar-refractivity contribution in [2.45, 2.75) is 25.8 Å². The summed E-state index contributed by atoms with van der Waals surface area (Å²) in [5, 5.41) is 17.2. The number of phenols is 1. The van der Waals surface area contributed by atoms with Crippen molar-refractivity contribution in [3.05, 3.63) is 51.4 Å². The molecule has 4 rings (SSSR count). The van der Waals surface area contributed by atoms with E-state index in [1.54, 1.807) is 0 Å². The topological polar surface area (TPSA) is 119 Å². The lowest BCUT2D eigenvalue weighted by Crippen LogP contribution is -2.47. The molecule has 1 aliphatic heterocycles. The number of phenolic OH excluding ortho intramolecular Hbond substituents is 1. The van der Waals surface area contributed by atoms with Crippen LogP contribution in [0.4, 0.5) is 0 Å². The van der Waals surface area contributed by atoms with Crippen molar-refractivity contribution in [3.8, 4) is 17.2 Å². The van der Waals surface area contributed by atoms with E-state index in [-0.39, 0.29) is 40.7 Å². The molecule has 1 aromatic carbocycles. The molecule has 31 heavy (non-hydrogen) atoms. The van der Waals surface area contributed by atoms with Crippen LogP contribution >= 0.6 is 11.3 Å². The molecule has 1 aliphatic carbocycles. The number of hydrogen-bond donors (Lipinski definition) is 2. The maximum atomic E-state index is 13.2. The van der Waals surface area contributed by atoms with Gasteiger partial charge in [0.2, 0.25) is 0 Å². The van der Waals surface area contributed by atoms with Gasteiger partial charge in [-0.25, -0.2) is 0 Å². The molecule has 0 spiro atoms. The first kappa shape index (κ1) is 20.8. The minimum Gasteiger partial charge on any atom is -0.507 e. The molecule has 8 nitrogen and oxygen atoms in total. The van der Waals surface area contributed by atoms with Gasteiger partial charge in [0.15, 0.2) is 17.3 Å². The van der Waals surface area contributed by atoms with Crippen LogP contribution in [0.25, 0.3) is 0 Å². The van der Waals surface area contributed by atoms with Crippen LogP contribution < -0.4 is 14.8 Å². The van der Waals surface area contributed by atoms with E-state index < -0.39 is 34.6 Å². The molecule has 0 radical (unpaired) electrons. The van der Waals surface area contributed by atoms with Crippen LogP contribution in [0.2, 0.25) is 0 Å². The molecular weight excluding hydrogens is 422 g/mol. The molecule has 2 heterocycles. The summed E-state index contributed by atoms with van der Waals surface area (Å²) in [6.07, 6.45) is 1.09. The Bertz CT molecular complexity index is 1170. The van der Waals surface area contributed by atoms with Gasteiger partial charge in [0.1, 0.15) is 39.9 Å². The number of Topliss-reactive ketones (excluding diaryl/α,β-unsaturated/α-hetero) is 2. The Morgan fingerprint density at radius 2 is 2.10 bits per heavy atom. The molecule has 9 heteroatoms. The van der Waals surface area contributed by atoms with Gasteiger partial charge in [0.05, 0.1) is 12.7 Å². The molecule has 1 amide bonds. The Morgan fingerprint density at radius 1 is 1.35 bits per heavy atom. The molecule has 2 aromatic rings. The van der Waals surface area contributed by atoms with Crippen molar-refractivity contribution >= 4 is 34.6 Å². The van der Waals surface area contributed by atoms with Gasteiger partial charge < -0.3 is 19.9 Å². The fourth-order valence-electron chi connectivity index (χ4n) is 4.02. The summed E-state index contributed by atoms with van der Waals surface area (Å²) < 4.78 is 11.1.